The zero-order valence-electron chi connectivity index (χ0n) is 7.18. The van der Waals surface area contributed by atoms with E-state index in [1.165, 1.54) is 0 Å². The van der Waals surface area contributed by atoms with Crippen LogP contribution in [0.1, 0.15) is 5.69 Å². The van der Waals surface area contributed by atoms with E-state index >= 15 is 0 Å². The van der Waals surface area contributed by atoms with Crippen LogP contribution in [0.2, 0.25) is 0 Å². The van der Waals surface area contributed by atoms with Crippen molar-refractivity contribution < 1.29 is 0 Å². The maximum Gasteiger partial charge on any atom is 0.222 e. The van der Waals surface area contributed by atoms with Crippen LogP contribution in [0.3, 0.4) is 0 Å². The summed E-state index contributed by atoms with van der Waals surface area (Å²) < 4.78 is 1.78. The van der Waals surface area contributed by atoms with Crippen LogP contribution < -0.4 is 5.73 Å². The molecule has 0 aromatic carbocycles. The Morgan fingerprint density at radius 3 is 2.85 bits per heavy atom. The van der Waals surface area contributed by atoms with Gasteiger partial charge in [0.1, 0.15) is 12.1 Å². The van der Waals surface area contributed by atoms with Gasteiger partial charge >= 0.3 is 0 Å². The van der Waals surface area contributed by atoms with Crippen molar-refractivity contribution in [3.8, 4) is 5.82 Å². The molecule has 2 aromatic rings. The fourth-order valence-electron chi connectivity index (χ4n) is 1.10. The summed E-state index contributed by atoms with van der Waals surface area (Å²) in [5.74, 6) is 1.02. The minimum atomic E-state index is 0.281. The minimum Gasteiger partial charge on any atom is -0.368 e. The van der Waals surface area contributed by atoms with Crippen LogP contribution >= 0.6 is 0 Å². The quantitative estimate of drug-likeness (QED) is 0.687. The second-order valence-electron chi connectivity index (χ2n) is 2.70. The van der Waals surface area contributed by atoms with Gasteiger partial charge in [-0.1, -0.05) is 0 Å². The summed E-state index contributed by atoms with van der Waals surface area (Å²) in [6.45, 7) is 1.87. The molecule has 2 N–H and O–H groups in total. The SMILES string of the molecule is Cc1cc(-n2ccnc2)nc(N)n1. The van der Waals surface area contributed by atoms with Crippen molar-refractivity contribution in [1.82, 2.24) is 19.5 Å². The van der Waals surface area contributed by atoms with Gasteiger partial charge in [-0.05, 0) is 6.92 Å². The minimum absolute atomic E-state index is 0.281. The van der Waals surface area contributed by atoms with Gasteiger partial charge in [0.15, 0.2) is 0 Å². The summed E-state index contributed by atoms with van der Waals surface area (Å²) in [7, 11) is 0. The van der Waals surface area contributed by atoms with Gasteiger partial charge in [-0.25, -0.2) is 9.97 Å². The van der Waals surface area contributed by atoms with Gasteiger partial charge in [0.05, 0.1) is 0 Å². The Morgan fingerprint density at radius 2 is 2.23 bits per heavy atom. The van der Waals surface area contributed by atoms with Crippen molar-refractivity contribution >= 4 is 5.95 Å². The van der Waals surface area contributed by atoms with E-state index in [1.54, 1.807) is 23.3 Å². The van der Waals surface area contributed by atoms with Crippen LogP contribution in [0.25, 0.3) is 5.82 Å². The average Bonchev–Trinajstić information content (AvgIpc) is 2.53. The molecule has 0 saturated heterocycles. The first-order valence-electron chi connectivity index (χ1n) is 3.85. The largest absolute Gasteiger partial charge is 0.368 e. The molecule has 0 bridgehead atoms. The van der Waals surface area contributed by atoms with Crippen LogP contribution in [0.15, 0.2) is 24.8 Å². The summed E-state index contributed by atoms with van der Waals surface area (Å²) in [5, 5.41) is 0. The summed E-state index contributed by atoms with van der Waals surface area (Å²) in [6.07, 6.45) is 5.16. The molecule has 0 amide bonds. The standard InChI is InChI=1S/C8H9N5/c1-6-4-7(12-8(9)11-6)13-3-2-10-5-13/h2-5H,1H3,(H2,9,11,12). The molecule has 2 rings (SSSR count). The van der Waals surface area contributed by atoms with Crippen molar-refractivity contribution in [2.45, 2.75) is 6.92 Å². The van der Waals surface area contributed by atoms with E-state index in [-0.39, 0.29) is 5.95 Å². The maximum atomic E-state index is 5.51. The molecule has 0 aliphatic rings. The number of imidazole rings is 1. The van der Waals surface area contributed by atoms with Crippen molar-refractivity contribution in [3.05, 3.63) is 30.5 Å². The van der Waals surface area contributed by atoms with E-state index in [1.807, 2.05) is 13.0 Å². The molecule has 0 fully saturated rings. The van der Waals surface area contributed by atoms with Crippen molar-refractivity contribution in [1.29, 1.82) is 0 Å². The summed E-state index contributed by atoms with van der Waals surface area (Å²) in [6, 6.07) is 1.85. The van der Waals surface area contributed by atoms with Crippen molar-refractivity contribution in [2.24, 2.45) is 0 Å². The van der Waals surface area contributed by atoms with Gasteiger partial charge in [0.2, 0.25) is 5.95 Å². The zero-order chi connectivity index (χ0) is 9.26. The Labute approximate surface area is 75.3 Å². The second-order valence-corrected chi connectivity index (χ2v) is 2.70. The first-order valence-corrected chi connectivity index (χ1v) is 3.85. The summed E-state index contributed by atoms with van der Waals surface area (Å²) >= 11 is 0. The number of rotatable bonds is 1. The lowest BCUT2D eigenvalue weighted by molar-refractivity contribution is 0.964. The molecule has 66 valence electrons. The number of anilines is 1. The van der Waals surface area contributed by atoms with E-state index in [4.69, 9.17) is 5.73 Å². The van der Waals surface area contributed by atoms with E-state index in [9.17, 15) is 0 Å². The number of aromatic nitrogens is 4. The molecule has 5 heteroatoms. The Hall–Kier alpha value is -1.91. The highest BCUT2D eigenvalue weighted by Crippen LogP contribution is 2.06. The smallest absolute Gasteiger partial charge is 0.222 e. The number of aryl methyl sites for hydroxylation is 1. The fraction of sp³-hybridized carbons (Fsp3) is 0.125. The van der Waals surface area contributed by atoms with Crippen molar-refractivity contribution in [3.63, 3.8) is 0 Å². The highest BCUT2D eigenvalue weighted by molar-refractivity contribution is 5.31. The van der Waals surface area contributed by atoms with Crippen LogP contribution in [0.4, 0.5) is 5.95 Å². The monoisotopic (exact) mass is 175 g/mol. The Morgan fingerprint density at radius 1 is 1.38 bits per heavy atom. The molecule has 0 unspecified atom stereocenters. The van der Waals surface area contributed by atoms with Gasteiger partial charge in [0, 0.05) is 24.2 Å². The molecule has 0 radical (unpaired) electrons. The molecule has 0 aliphatic heterocycles. The summed E-state index contributed by atoms with van der Waals surface area (Å²) in [4.78, 5) is 12.0. The molecule has 0 saturated carbocycles. The van der Waals surface area contributed by atoms with Gasteiger partial charge in [-0.15, -0.1) is 0 Å². The number of nitrogens with zero attached hydrogens (tertiary/aromatic N) is 4. The summed E-state index contributed by atoms with van der Waals surface area (Å²) in [5.41, 5.74) is 6.35. The van der Waals surface area contributed by atoms with Crippen LogP contribution in [-0.4, -0.2) is 19.5 Å². The normalized spacial score (nSPS) is 10.2. The Balaban J connectivity index is 2.53. The lowest BCUT2D eigenvalue weighted by atomic mass is 10.4. The van der Waals surface area contributed by atoms with Crippen molar-refractivity contribution in [2.75, 3.05) is 5.73 Å². The number of nitrogen functional groups attached to an aromatic ring is 1. The van der Waals surface area contributed by atoms with Gasteiger partial charge in [0.25, 0.3) is 0 Å². The maximum absolute atomic E-state index is 5.51. The highest BCUT2D eigenvalue weighted by atomic mass is 15.1. The molecular formula is C8H9N5. The van der Waals surface area contributed by atoms with Gasteiger partial charge < -0.3 is 5.73 Å². The fourth-order valence-corrected chi connectivity index (χ4v) is 1.10. The molecule has 0 aliphatic carbocycles. The van der Waals surface area contributed by atoms with Crippen LogP contribution in [0, 0.1) is 6.92 Å². The molecule has 2 aromatic heterocycles. The lowest BCUT2D eigenvalue weighted by Crippen LogP contribution is -2.02. The molecular weight excluding hydrogens is 166 g/mol. The van der Waals surface area contributed by atoms with E-state index < -0.39 is 0 Å². The molecule has 0 spiro atoms. The molecule has 0 atom stereocenters. The van der Waals surface area contributed by atoms with E-state index in [0.717, 1.165) is 11.5 Å². The Kier molecular flexibility index (Phi) is 1.70. The number of hydrogen-bond donors (Lipinski definition) is 1. The average molecular weight is 175 g/mol. The first-order chi connectivity index (χ1) is 6.25. The topological polar surface area (TPSA) is 69.6 Å². The third-order valence-corrected chi connectivity index (χ3v) is 1.63. The molecule has 5 nitrogen and oxygen atoms in total. The van der Waals surface area contributed by atoms with E-state index in [0.29, 0.717) is 0 Å². The predicted molar refractivity (Wildman–Crippen MR) is 48.3 cm³/mol. The van der Waals surface area contributed by atoms with Crippen LogP contribution in [0.5, 0.6) is 0 Å². The van der Waals surface area contributed by atoms with Crippen LogP contribution in [-0.2, 0) is 0 Å². The first kappa shape index (κ1) is 7.72. The second kappa shape index (κ2) is 2.85. The zero-order valence-corrected chi connectivity index (χ0v) is 7.18. The van der Waals surface area contributed by atoms with Gasteiger partial charge in [-0.2, -0.15) is 4.98 Å². The van der Waals surface area contributed by atoms with E-state index in [2.05, 4.69) is 15.0 Å². The number of nitrogens with two attached hydrogens (primary N) is 1. The molecule has 2 heterocycles. The lowest BCUT2D eigenvalue weighted by Gasteiger charge is -2.02. The third-order valence-electron chi connectivity index (χ3n) is 1.63. The number of hydrogen-bond acceptors (Lipinski definition) is 4. The van der Waals surface area contributed by atoms with Gasteiger partial charge in [-0.3, -0.25) is 4.57 Å². The third kappa shape index (κ3) is 1.48. The highest BCUT2D eigenvalue weighted by Gasteiger charge is 1.99. The Bertz CT molecular complexity index is 386. The predicted octanol–water partition coefficient (Wildman–Crippen LogP) is 0.553. The molecule has 13 heavy (non-hydrogen) atoms.